The van der Waals surface area contributed by atoms with Gasteiger partial charge in [0, 0.05) is 7.11 Å². The number of aliphatic hydroxyl groups is 1. The van der Waals surface area contributed by atoms with Crippen LogP contribution in [-0.4, -0.2) is 18.8 Å². The van der Waals surface area contributed by atoms with Gasteiger partial charge in [-0.3, -0.25) is 0 Å². The van der Waals surface area contributed by atoms with E-state index in [9.17, 15) is 0 Å². The van der Waals surface area contributed by atoms with E-state index in [4.69, 9.17) is 9.84 Å². The van der Waals surface area contributed by atoms with Crippen LogP contribution in [0.5, 0.6) is 0 Å². The zero-order valence-corrected chi connectivity index (χ0v) is 9.84. The lowest BCUT2D eigenvalue weighted by molar-refractivity contribution is 0.0484. The lowest BCUT2D eigenvalue weighted by Crippen LogP contribution is -2.05. The minimum Gasteiger partial charge on any atom is -0.393 e. The first kappa shape index (κ1) is 11.8. The van der Waals surface area contributed by atoms with Crippen molar-refractivity contribution < 1.29 is 9.84 Å². The zero-order valence-electron chi connectivity index (χ0n) is 9.84. The normalized spacial score (nSPS) is 12.4. The molecule has 1 atom stereocenters. The van der Waals surface area contributed by atoms with Crippen LogP contribution in [0.15, 0.2) is 54.6 Å². The fraction of sp³-hybridized carbons (Fsp3) is 0.200. The molecule has 2 heteroatoms. The number of aliphatic hydroxyl groups excluding tert-OH is 1. The molecule has 0 aliphatic heterocycles. The van der Waals surface area contributed by atoms with Gasteiger partial charge in [-0.1, -0.05) is 54.6 Å². The molecule has 0 saturated heterocycles. The van der Waals surface area contributed by atoms with Crippen LogP contribution < -0.4 is 0 Å². The molecule has 2 nitrogen and oxygen atoms in total. The highest BCUT2D eigenvalue weighted by Crippen LogP contribution is 2.22. The van der Waals surface area contributed by atoms with Gasteiger partial charge in [0.05, 0.1) is 6.61 Å². The summed E-state index contributed by atoms with van der Waals surface area (Å²) in [7, 11) is 1.60. The highest BCUT2D eigenvalue weighted by Gasteiger charge is 2.08. The predicted octanol–water partition coefficient (Wildman–Crippen LogP) is 3.03. The SMILES string of the molecule is COC(CO)c1ccc(-c2ccccc2)cc1. The van der Waals surface area contributed by atoms with Crippen LogP contribution in [0.25, 0.3) is 11.1 Å². The summed E-state index contributed by atoms with van der Waals surface area (Å²) < 4.78 is 5.18. The van der Waals surface area contributed by atoms with Crippen molar-refractivity contribution in [2.45, 2.75) is 6.10 Å². The van der Waals surface area contributed by atoms with Gasteiger partial charge in [-0.15, -0.1) is 0 Å². The summed E-state index contributed by atoms with van der Waals surface area (Å²) in [6.45, 7) is 0.00117. The molecule has 0 amide bonds. The first-order valence-corrected chi connectivity index (χ1v) is 5.64. The maximum atomic E-state index is 9.14. The van der Waals surface area contributed by atoms with Crippen LogP contribution in [0.1, 0.15) is 11.7 Å². The van der Waals surface area contributed by atoms with Gasteiger partial charge in [-0.05, 0) is 16.7 Å². The molecule has 0 fully saturated rings. The minimum atomic E-state index is -0.236. The summed E-state index contributed by atoms with van der Waals surface area (Å²) in [6, 6.07) is 18.3. The van der Waals surface area contributed by atoms with E-state index < -0.39 is 0 Å². The molecule has 0 radical (unpaired) electrons. The molecule has 2 rings (SSSR count). The molecular formula is C15H16O2. The Labute approximate surface area is 101 Å². The Kier molecular flexibility index (Phi) is 3.91. The van der Waals surface area contributed by atoms with Crippen molar-refractivity contribution >= 4 is 0 Å². The van der Waals surface area contributed by atoms with Crippen molar-refractivity contribution in [2.75, 3.05) is 13.7 Å². The van der Waals surface area contributed by atoms with Crippen LogP contribution >= 0.6 is 0 Å². The Morgan fingerprint density at radius 1 is 0.941 bits per heavy atom. The van der Waals surface area contributed by atoms with Crippen LogP contribution in [0.3, 0.4) is 0 Å². The number of hydrogen-bond donors (Lipinski definition) is 1. The highest BCUT2D eigenvalue weighted by atomic mass is 16.5. The second kappa shape index (κ2) is 5.62. The van der Waals surface area contributed by atoms with Crippen molar-refractivity contribution in [2.24, 2.45) is 0 Å². The van der Waals surface area contributed by atoms with E-state index in [-0.39, 0.29) is 12.7 Å². The van der Waals surface area contributed by atoms with Gasteiger partial charge in [0.1, 0.15) is 6.10 Å². The molecule has 1 N–H and O–H groups in total. The zero-order chi connectivity index (χ0) is 12.1. The first-order valence-electron chi connectivity index (χ1n) is 5.64. The number of ether oxygens (including phenoxy) is 1. The average Bonchev–Trinajstić information content (AvgIpc) is 2.42. The summed E-state index contributed by atoms with van der Waals surface area (Å²) in [4.78, 5) is 0. The Hall–Kier alpha value is -1.64. The second-order valence-electron chi connectivity index (χ2n) is 3.89. The average molecular weight is 228 g/mol. The fourth-order valence-corrected chi connectivity index (χ4v) is 1.84. The maximum Gasteiger partial charge on any atom is 0.105 e. The number of methoxy groups -OCH3 is 1. The third-order valence-electron chi connectivity index (χ3n) is 2.84. The lowest BCUT2D eigenvalue weighted by Gasteiger charge is -2.13. The number of benzene rings is 2. The summed E-state index contributed by atoms with van der Waals surface area (Å²) in [5, 5.41) is 9.14. The number of rotatable bonds is 4. The molecular weight excluding hydrogens is 212 g/mol. The van der Waals surface area contributed by atoms with Crippen LogP contribution in [0, 0.1) is 0 Å². The summed E-state index contributed by atoms with van der Waals surface area (Å²) >= 11 is 0. The van der Waals surface area contributed by atoms with Crippen molar-refractivity contribution in [3.63, 3.8) is 0 Å². The van der Waals surface area contributed by atoms with Crippen LogP contribution in [0.2, 0.25) is 0 Å². The Bertz CT molecular complexity index is 444. The number of hydrogen-bond acceptors (Lipinski definition) is 2. The van der Waals surface area contributed by atoms with Crippen molar-refractivity contribution in [3.8, 4) is 11.1 Å². The van der Waals surface area contributed by atoms with E-state index in [2.05, 4.69) is 12.1 Å². The molecule has 0 saturated carbocycles. The second-order valence-corrected chi connectivity index (χ2v) is 3.89. The molecule has 0 heterocycles. The third-order valence-corrected chi connectivity index (χ3v) is 2.84. The molecule has 0 bridgehead atoms. The predicted molar refractivity (Wildman–Crippen MR) is 68.7 cm³/mol. The smallest absolute Gasteiger partial charge is 0.105 e. The molecule has 0 aliphatic carbocycles. The fourth-order valence-electron chi connectivity index (χ4n) is 1.84. The Morgan fingerprint density at radius 2 is 1.53 bits per heavy atom. The standard InChI is InChI=1S/C15H16O2/c1-17-15(11-16)14-9-7-13(8-10-14)12-5-3-2-4-6-12/h2-10,15-16H,11H2,1H3. The summed E-state index contributed by atoms with van der Waals surface area (Å²) in [6.07, 6.45) is -0.236. The lowest BCUT2D eigenvalue weighted by atomic mass is 10.0. The van der Waals surface area contributed by atoms with Crippen LogP contribution in [-0.2, 0) is 4.74 Å². The summed E-state index contributed by atoms with van der Waals surface area (Å²) in [5.41, 5.74) is 3.36. The molecule has 0 spiro atoms. The van der Waals surface area contributed by atoms with E-state index in [0.717, 1.165) is 5.56 Å². The van der Waals surface area contributed by atoms with E-state index in [1.165, 1.54) is 11.1 Å². The molecule has 0 aliphatic rings. The summed E-state index contributed by atoms with van der Waals surface area (Å²) in [5.74, 6) is 0. The van der Waals surface area contributed by atoms with Crippen LogP contribution in [0.4, 0.5) is 0 Å². The van der Waals surface area contributed by atoms with Gasteiger partial charge in [-0.25, -0.2) is 0 Å². The highest BCUT2D eigenvalue weighted by molar-refractivity contribution is 5.63. The molecule has 88 valence electrons. The molecule has 0 aromatic heterocycles. The first-order chi connectivity index (χ1) is 8.35. The van der Waals surface area contributed by atoms with Gasteiger partial charge < -0.3 is 9.84 Å². The van der Waals surface area contributed by atoms with Gasteiger partial charge in [0.2, 0.25) is 0 Å². The molecule has 2 aromatic rings. The maximum absolute atomic E-state index is 9.14. The van der Waals surface area contributed by atoms with Crippen molar-refractivity contribution in [1.82, 2.24) is 0 Å². The van der Waals surface area contributed by atoms with Gasteiger partial charge in [-0.2, -0.15) is 0 Å². The van der Waals surface area contributed by atoms with Gasteiger partial charge >= 0.3 is 0 Å². The van der Waals surface area contributed by atoms with Crippen molar-refractivity contribution in [1.29, 1.82) is 0 Å². The molecule has 1 unspecified atom stereocenters. The Morgan fingerprint density at radius 3 is 2.06 bits per heavy atom. The van der Waals surface area contributed by atoms with Gasteiger partial charge in [0.15, 0.2) is 0 Å². The largest absolute Gasteiger partial charge is 0.393 e. The van der Waals surface area contributed by atoms with E-state index in [0.29, 0.717) is 0 Å². The molecule has 2 aromatic carbocycles. The topological polar surface area (TPSA) is 29.5 Å². The minimum absolute atomic E-state index is 0.00117. The van der Waals surface area contributed by atoms with E-state index in [1.54, 1.807) is 7.11 Å². The van der Waals surface area contributed by atoms with E-state index >= 15 is 0 Å². The van der Waals surface area contributed by atoms with Gasteiger partial charge in [0.25, 0.3) is 0 Å². The van der Waals surface area contributed by atoms with E-state index in [1.807, 2.05) is 42.5 Å². The molecule has 17 heavy (non-hydrogen) atoms. The quantitative estimate of drug-likeness (QED) is 0.871. The third kappa shape index (κ3) is 2.73. The van der Waals surface area contributed by atoms with Crippen molar-refractivity contribution in [3.05, 3.63) is 60.2 Å². The Balaban J connectivity index is 2.24. The monoisotopic (exact) mass is 228 g/mol.